The fourth-order valence-corrected chi connectivity index (χ4v) is 4.52. The van der Waals surface area contributed by atoms with Crippen molar-refractivity contribution in [1.29, 1.82) is 0 Å². The van der Waals surface area contributed by atoms with Gasteiger partial charge in [-0.25, -0.2) is 0 Å². The lowest BCUT2D eigenvalue weighted by Crippen LogP contribution is -2.34. The van der Waals surface area contributed by atoms with E-state index in [0.717, 1.165) is 28.6 Å². The zero-order chi connectivity index (χ0) is 17.1. The maximum absolute atomic E-state index is 6.29. The maximum atomic E-state index is 6.29. The number of fused-ring (bicyclic) bond motifs is 3. The lowest BCUT2D eigenvalue weighted by Gasteiger charge is -2.27. The molecule has 4 heterocycles. The molecule has 3 unspecified atom stereocenters. The molecule has 6 heteroatoms. The van der Waals surface area contributed by atoms with Crippen molar-refractivity contribution in [3.05, 3.63) is 47.5 Å². The van der Waals surface area contributed by atoms with E-state index in [1.165, 1.54) is 5.56 Å². The van der Waals surface area contributed by atoms with Gasteiger partial charge in [-0.1, -0.05) is 12.1 Å². The van der Waals surface area contributed by atoms with Crippen molar-refractivity contribution < 1.29 is 28.4 Å². The lowest BCUT2D eigenvalue weighted by molar-refractivity contribution is 0.0475. The van der Waals surface area contributed by atoms with Gasteiger partial charge in [-0.2, -0.15) is 0 Å². The van der Waals surface area contributed by atoms with Gasteiger partial charge in [0, 0.05) is 5.92 Å². The third-order valence-corrected chi connectivity index (χ3v) is 5.93. The van der Waals surface area contributed by atoms with Crippen molar-refractivity contribution >= 4 is 0 Å². The maximum Gasteiger partial charge on any atom is 0.231 e. The highest BCUT2D eigenvalue weighted by Gasteiger charge is 2.55. The normalized spacial score (nSPS) is 30.6. The summed E-state index contributed by atoms with van der Waals surface area (Å²) in [5.41, 5.74) is 2.13. The summed E-state index contributed by atoms with van der Waals surface area (Å²) < 4.78 is 34.2. The van der Waals surface area contributed by atoms with Gasteiger partial charge in [0.2, 0.25) is 13.6 Å². The molecule has 26 heavy (non-hydrogen) atoms. The third kappa shape index (κ3) is 1.94. The first-order chi connectivity index (χ1) is 12.8. The zero-order valence-corrected chi connectivity index (χ0v) is 14.1. The van der Waals surface area contributed by atoms with Crippen molar-refractivity contribution in [2.75, 3.05) is 33.4 Å². The molecule has 134 valence electrons. The smallest absolute Gasteiger partial charge is 0.231 e. The summed E-state index contributed by atoms with van der Waals surface area (Å²) in [4.78, 5) is 0. The molecule has 0 aliphatic carbocycles. The highest BCUT2D eigenvalue weighted by molar-refractivity contribution is 5.49. The van der Waals surface area contributed by atoms with Crippen LogP contribution in [0.15, 0.2) is 36.4 Å². The molecule has 0 bridgehead atoms. The van der Waals surface area contributed by atoms with E-state index in [4.69, 9.17) is 28.4 Å². The van der Waals surface area contributed by atoms with Gasteiger partial charge in [0.25, 0.3) is 0 Å². The first kappa shape index (κ1) is 14.7. The molecule has 0 N–H and O–H groups in total. The van der Waals surface area contributed by atoms with Crippen molar-refractivity contribution in [1.82, 2.24) is 0 Å². The van der Waals surface area contributed by atoms with Crippen LogP contribution in [0.2, 0.25) is 0 Å². The number of hydrogen-bond acceptors (Lipinski definition) is 6. The van der Waals surface area contributed by atoms with Crippen molar-refractivity contribution in [3.8, 4) is 23.0 Å². The van der Waals surface area contributed by atoms with Crippen LogP contribution in [0.4, 0.5) is 0 Å². The molecular weight excluding hydrogens is 336 g/mol. The molecule has 0 saturated carbocycles. The minimum absolute atomic E-state index is 0.0302. The molecule has 0 spiro atoms. The van der Waals surface area contributed by atoms with Gasteiger partial charge < -0.3 is 28.4 Å². The number of rotatable bonds is 2. The van der Waals surface area contributed by atoms with Gasteiger partial charge in [0.15, 0.2) is 23.0 Å². The minimum Gasteiger partial charge on any atom is -0.454 e. The quantitative estimate of drug-likeness (QED) is 0.827. The van der Waals surface area contributed by atoms with Crippen LogP contribution in [0.25, 0.3) is 0 Å². The topological polar surface area (TPSA) is 55.4 Å². The second kappa shape index (κ2) is 5.28. The van der Waals surface area contributed by atoms with Gasteiger partial charge in [-0.05, 0) is 35.4 Å². The Kier molecular flexibility index (Phi) is 2.99. The molecule has 2 saturated heterocycles. The summed E-state index contributed by atoms with van der Waals surface area (Å²) >= 11 is 0. The van der Waals surface area contributed by atoms with E-state index >= 15 is 0 Å². The second-order valence-corrected chi connectivity index (χ2v) is 7.19. The van der Waals surface area contributed by atoms with E-state index < -0.39 is 0 Å². The van der Waals surface area contributed by atoms with Crippen LogP contribution in [-0.4, -0.2) is 33.4 Å². The lowest BCUT2D eigenvalue weighted by atomic mass is 9.72. The summed E-state index contributed by atoms with van der Waals surface area (Å²) in [6.07, 6.45) is -0.0302. The van der Waals surface area contributed by atoms with Crippen LogP contribution < -0.4 is 18.9 Å². The Hall–Kier alpha value is -2.44. The van der Waals surface area contributed by atoms with E-state index in [1.54, 1.807) is 0 Å². The Balaban J connectivity index is 1.37. The molecule has 2 aromatic carbocycles. The Labute approximate surface area is 150 Å². The molecule has 6 rings (SSSR count). The summed E-state index contributed by atoms with van der Waals surface area (Å²) in [6, 6.07) is 12.2. The highest BCUT2D eigenvalue weighted by Crippen LogP contribution is 2.53. The van der Waals surface area contributed by atoms with Crippen LogP contribution in [0.3, 0.4) is 0 Å². The standard InChI is InChI=1S/C20H18O6/c1-3-15-17(25-10-23-15)5-12(1)19-14-7-21-8-20(14,9-22-19)13-2-4-16-18(6-13)26-11-24-16/h1-6,14,19H,7-11H2. The number of hydrogen-bond donors (Lipinski definition) is 0. The third-order valence-electron chi connectivity index (χ3n) is 5.93. The van der Waals surface area contributed by atoms with Gasteiger partial charge in [-0.3, -0.25) is 0 Å². The summed E-state index contributed by atoms with van der Waals surface area (Å²) in [5.74, 6) is 3.41. The van der Waals surface area contributed by atoms with Crippen LogP contribution in [0, 0.1) is 5.92 Å². The van der Waals surface area contributed by atoms with Crippen LogP contribution >= 0.6 is 0 Å². The van der Waals surface area contributed by atoms with Crippen LogP contribution in [-0.2, 0) is 14.9 Å². The molecular formula is C20H18O6. The summed E-state index contributed by atoms with van der Waals surface area (Å²) in [5, 5.41) is 0. The van der Waals surface area contributed by atoms with E-state index in [0.29, 0.717) is 19.8 Å². The molecule has 3 atom stereocenters. The Bertz CT molecular complexity index is 881. The second-order valence-electron chi connectivity index (χ2n) is 7.19. The predicted molar refractivity (Wildman–Crippen MR) is 89.8 cm³/mol. The molecule has 0 radical (unpaired) electrons. The first-order valence-corrected chi connectivity index (χ1v) is 8.83. The monoisotopic (exact) mass is 354 g/mol. The SMILES string of the molecule is c1cc2c(cc1C1OCC3(c4ccc5c(c4)OCO5)COCC13)OCO2. The predicted octanol–water partition coefficient (Wildman–Crippen LogP) is 2.80. The van der Waals surface area contributed by atoms with Gasteiger partial charge in [-0.15, -0.1) is 0 Å². The van der Waals surface area contributed by atoms with Gasteiger partial charge in [0.1, 0.15) is 0 Å². The average molecular weight is 354 g/mol. The van der Waals surface area contributed by atoms with Crippen LogP contribution in [0.1, 0.15) is 17.2 Å². The molecule has 4 aliphatic heterocycles. The molecule has 2 fully saturated rings. The average Bonchev–Trinajstić information content (AvgIpc) is 3.42. The molecule has 6 nitrogen and oxygen atoms in total. The van der Waals surface area contributed by atoms with Gasteiger partial charge >= 0.3 is 0 Å². The molecule has 0 aromatic heterocycles. The van der Waals surface area contributed by atoms with E-state index in [2.05, 4.69) is 18.2 Å². The zero-order valence-electron chi connectivity index (χ0n) is 14.1. The summed E-state index contributed by atoms with van der Waals surface area (Å²) in [7, 11) is 0. The fraction of sp³-hybridized carbons (Fsp3) is 0.400. The Morgan fingerprint density at radius 3 is 2.35 bits per heavy atom. The molecule has 2 aromatic rings. The number of ether oxygens (including phenoxy) is 6. The Morgan fingerprint density at radius 1 is 0.769 bits per heavy atom. The van der Waals surface area contributed by atoms with E-state index in [9.17, 15) is 0 Å². The number of benzene rings is 2. The van der Waals surface area contributed by atoms with E-state index in [-0.39, 0.29) is 31.0 Å². The largest absolute Gasteiger partial charge is 0.454 e. The fourth-order valence-electron chi connectivity index (χ4n) is 4.52. The van der Waals surface area contributed by atoms with Gasteiger partial charge in [0.05, 0.1) is 31.3 Å². The summed E-state index contributed by atoms with van der Waals surface area (Å²) in [6.45, 7) is 2.50. The van der Waals surface area contributed by atoms with E-state index in [1.807, 2.05) is 18.2 Å². The first-order valence-electron chi connectivity index (χ1n) is 8.83. The van der Waals surface area contributed by atoms with Crippen molar-refractivity contribution in [2.24, 2.45) is 5.92 Å². The van der Waals surface area contributed by atoms with Crippen LogP contribution in [0.5, 0.6) is 23.0 Å². The van der Waals surface area contributed by atoms with Crippen molar-refractivity contribution in [3.63, 3.8) is 0 Å². The molecule has 0 amide bonds. The highest BCUT2D eigenvalue weighted by atomic mass is 16.7. The van der Waals surface area contributed by atoms with Crippen molar-refractivity contribution in [2.45, 2.75) is 11.5 Å². The minimum atomic E-state index is -0.165. The molecule has 4 aliphatic rings. The Morgan fingerprint density at radius 2 is 1.50 bits per heavy atom.